The molecule has 0 radical (unpaired) electrons. The number of aromatic nitrogens is 4. The summed E-state index contributed by atoms with van der Waals surface area (Å²) in [6, 6.07) is 19.6. The molecule has 0 aliphatic rings. The number of hydrogen-bond donors (Lipinski definition) is 2. The van der Waals surface area contributed by atoms with Crippen molar-refractivity contribution >= 4 is 17.1 Å². The first-order valence-corrected chi connectivity index (χ1v) is 10.1. The summed E-state index contributed by atoms with van der Waals surface area (Å²) in [4.78, 5) is 22.2. The van der Waals surface area contributed by atoms with Gasteiger partial charge in [0, 0.05) is 13.1 Å². The molecule has 7 heteroatoms. The minimum absolute atomic E-state index is 0.0744. The Hall–Kier alpha value is -3.45. The molecule has 0 unspecified atom stereocenters. The van der Waals surface area contributed by atoms with E-state index in [1.54, 1.807) is 10.9 Å². The summed E-state index contributed by atoms with van der Waals surface area (Å²) in [5.41, 5.74) is 2.93. The highest BCUT2D eigenvalue weighted by molar-refractivity contribution is 5.71. The molecule has 0 spiro atoms. The maximum absolute atomic E-state index is 13.2. The minimum atomic E-state index is -0.263. The number of hydrogen-bond acceptors (Lipinski definition) is 5. The van der Waals surface area contributed by atoms with Crippen LogP contribution in [0.25, 0.3) is 11.2 Å². The lowest BCUT2D eigenvalue weighted by Crippen LogP contribution is -2.32. The zero-order valence-electron chi connectivity index (χ0n) is 16.9. The predicted molar refractivity (Wildman–Crippen MR) is 118 cm³/mol. The summed E-state index contributed by atoms with van der Waals surface area (Å²) in [5, 5.41) is 13.1. The van der Waals surface area contributed by atoms with Crippen LogP contribution in [0.4, 0.5) is 5.95 Å². The van der Waals surface area contributed by atoms with Crippen LogP contribution in [0.1, 0.15) is 18.1 Å². The molecule has 0 saturated carbocycles. The Bertz CT molecular complexity index is 1170. The quantitative estimate of drug-likeness (QED) is 0.473. The van der Waals surface area contributed by atoms with Gasteiger partial charge in [-0.3, -0.25) is 9.36 Å². The Morgan fingerprint density at radius 1 is 1.03 bits per heavy atom. The van der Waals surface area contributed by atoms with Gasteiger partial charge in [-0.15, -0.1) is 0 Å². The first-order chi connectivity index (χ1) is 14.7. The Morgan fingerprint density at radius 2 is 1.70 bits per heavy atom. The van der Waals surface area contributed by atoms with Crippen molar-refractivity contribution in [1.29, 1.82) is 0 Å². The molecule has 2 N–H and O–H groups in total. The van der Waals surface area contributed by atoms with Gasteiger partial charge in [-0.05, 0) is 24.5 Å². The average molecular weight is 403 g/mol. The second kappa shape index (κ2) is 8.92. The number of benzene rings is 2. The number of rotatable bonds is 8. The van der Waals surface area contributed by atoms with Gasteiger partial charge >= 0.3 is 0 Å². The zero-order chi connectivity index (χ0) is 20.9. The number of imidazole rings is 1. The van der Waals surface area contributed by atoms with Crippen LogP contribution in [-0.2, 0) is 19.5 Å². The second-order valence-corrected chi connectivity index (χ2v) is 7.23. The number of fused-ring (bicyclic) bond motifs is 1. The topological polar surface area (TPSA) is 85.0 Å². The van der Waals surface area contributed by atoms with E-state index in [2.05, 4.69) is 15.3 Å². The largest absolute Gasteiger partial charge is 0.394 e. The highest BCUT2D eigenvalue weighted by Crippen LogP contribution is 2.14. The van der Waals surface area contributed by atoms with Gasteiger partial charge in [0.25, 0.3) is 5.56 Å². The molecular weight excluding hydrogens is 378 g/mol. The molecule has 30 heavy (non-hydrogen) atoms. The van der Waals surface area contributed by atoms with Gasteiger partial charge in [-0.25, -0.2) is 4.98 Å². The number of anilines is 1. The van der Waals surface area contributed by atoms with E-state index in [9.17, 15) is 9.90 Å². The Kier molecular flexibility index (Phi) is 5.90. The van der Waals surface area contributed by atoms with Crippen LogP contribution in [0.15, 0.2) is 71.8 Å². The fraction of sp³-hybridized carbons (Fsp3) is 0.261. The molecule has 154 valence electrons. The molecule has 0 saturated heterocycles. The maximum atomic E-state index is 13.2. The minimum Gasteiger partial charge on any atom is -0.394 e. The molecule has 0 bridgehead atoms. The van der Waals surface area contributed by atoms with Crippen molar-refractivity contribution in [1.82, 2.24) is 19.1 Å². The summed E-state index contributed by atoms with van der Waals surface area (Å²) in [5.74, 6) is 0.426. The zero-order valence-corrected chi connectivity index (χ0v) is 16.9. The van der Waals surface area contributed by atoms with Crippen LogP contribution in [-0.4, -0.2) is 36.9 Å². The van der Waals surface area contributed by atoms with E-state index >= 15 is 0 Å². The lowest BCUT2D eigenvalue weighted by molar-refractivity contribution is 0.273. The predicted octanol–water partition coefficient (Wildman–Crippen LogP) is 2.68. The van der Waals surface area contributed by atoms with Gasteiger partial charge in [-0.1, -0.05) is 60.7 Å². The fourth-order valence-corrected chi connectivity index (χ4v) is 3.60. The number of nitrogens with zero attached hydrogens (tertiary/aromatic N) is 4. The van der Waals surface area contributed by atoms with E-state index in [-0.39, 0.29) is 18.2 Å². The van der Waals surface area contributed by atoms with E-state index < -0.39 is 0 Å². The van der Waals surface area contributed by atoms with Crippen molar-refractivity contribution in [3.8, 4) is 0 Å². The van der Waals surface area contributed by atoms with E-state index in [0.717, 1.165) is 11.1 Å². The molecule has 2 aromatic heterocycles. The van der Waals surface area contributed by atoms with Crippen LogP contribution in [0.3, 0.4) is 0 Å². The second-order valence-electron chi connectivity index (χ2n) is 7.23. The van der Waals surface area contributed by atoms with Gasteiger partial charge < -0.3 is 15.0 Å². The number of aliphatic hydroxyl groups excluding tert-OH is 1. The molecule has 4 rings (SSSR count). The molecule has 4 aromatic rings. The molecule has 7 nitrogen and oxygen atoms in total. The molecular formula is C23H25N5O2. The Balaban J connectivity index is 1.66. The normalized spacial score (nSPS) is 12.2. The summed E-state index contributed by atoms with van der Waals surface area (Å²) in [6.45, 7) is 2.85. The van der Waals surface area contributed by atoms with Crippen LogP contribution in [0, 0.1) is 0 Å². The molecule has 2 heterocycles. The Morgan fingerprint density at radius 3 is 2.33 bits per heavy atom. The lowest BCUT2D eigenvalue weighted by atomic mass is 10.1. The summed E-state index contributed by atoms with van der Waals surface area (Å²) >= 11 is 0. The van der Waals surface area contributed by atoms with Crippen molar-refractivity contribution in [2.75, 3.05) is 11.9 Å². The van der Waals surface area contributed by atoms with Crippen LogP contribution in [0.5, 0.6) is 0 Å². The molecule has 2 aromatic carbocycles. The van der Waals surface area contributed by atoms with Gasteiger partial charge in [0.15, 0.2) is 11.2 Å². The monoisotopic (exact) mass is 403 g/mol. The highest BCUT2D eigenvalue weighted by atomic mass is 16.3. The molecule has 0 amide bonds. The van der Waals surface area contributed by atoms with Gasteiger partial charge in [0.05, 0.1) is 19.0 Å². The number of aliphatic hydroxyl groups is 1. The standard InChI is InChI=1S/C23H25N5O2/c1-2-28-22(30)20-21(24-16-27(20)14-18-11-7-4-8-12-18)26-23(28)25-19(15-29)13-17-9-5-3-6-10-17/h3-12,16,19,29H,2,13-15H2,1H3,(H,25,26)/t19-/m1/s1. The van der Waals surface area contributed by atoms with Crippen molar-refractivity contribution in [3.05, 3.63) is 88.5 Å². The lowest BCUT2D eigenvalue weighted by Gasteiger charge is -2.19. The molecule has 1 atom stereocenters. The smallest absolute Gasteiger partial charge is 0.281 e. The van der Waals surface area contributed by atoms with E-state index in [1.165, 1.54) is 0 Å². The van der Waals surface area contributed by atoms with E-state index in [1.807, 2.05) is 72.2 Å². The summed E-state index contributed by atoms with van der Waals surface area (Å²) in [6.07, 6.45) is 2.28. The SMILES string of the molecule is CCn1c(N[C@@H](CO)Cc2ccccc2)nc2ncn(Cc3ccccc3)c2c1=O. The van der Waals surface area contributed by atoms with Crippen molar-refractivity contribution in [2.45, 2.75) is 32.5 Å². The number of nitrogens with one attached hydrogen (secondary N) is 1. The average Bonchev–Trinajstić information content (AvgIpc) is 3.17. The van der Waals surface area contributed by atoms with Crippen molar-refractivity contribution in [3.63, 3.8) is 0 Å². The third-order valence-corrected chi connectivity index (χ3v) is 5.12. The molecule has 0 fully saturated rings. The van der Waals surface area contributed by atoms with Crippen LogP contribution in [0.2, 0.25) is 0 Å². The van der Waals surface area contributed by atoms with Crippen molar-refractivity contribution < 1.29 is 5.11 Å². The third-order valence-electron chi connectivity index (χ3n) is 5.12. The van der Waals surface area contributed by atoms with Crippen LogP contribution < -0.4 is 10.9 Å². The maximum Gasteiger partial charge on any atom is 0.281 e. The first-order valence-electron chi connectivity index (χ1n) is 10.1. The van der Waals surface area contributed by atoms with E-state index in [0.29, 0.717) is 36.6 Å². The molecule has 0 aliphatic carbocycles. The van der Waals surface area contributed by atoms with Crippen molar-refractivity contribution in [2.24, 2.45) is 0 Å². The van der Waals surface area contributed by atoms with Gasteiger partial charge in [-0.2, -0.15) is 4.98 Å². The fourth-order valence-electron chi connectivity index (χ4n) is 3.60. The Labute approximate surface area is 174 Å². The van der Waals surface area contributed by atoms with Crippen LogP contribution >= 0.6 is 0 Å². The van der Waals surface area contributed by atoms with Gasteiger partial charge in [0.2, 0.25) is 5.95 Å². The highest BCUT2D eigenvalue weighted by Gasteiger charge is 2.18. The van der Waals surface area contributed by atoms with E-state index in [4.69, 9.17) is 0 Å². The third kappa shape index (κ3) is 4.11. The summed E-state index contributed by atoms with van der Waals surface area (Å²) < 4.78 is 3.43. The van der Waals surface area contributed by atoms with Gasteiger partial charge in [0.1, 0.15) is 0 Å². The first kappa shape index (κ1) is 19.8. The summed E-state index contributed by atoms with van der Waals surface area (Å²) in [7, 11) is 0. The molecule has 0 aliphatic heterocycles.